The van der Waals surface area contributed by atoms with E-state index in [1.807, 2.05) is 0 Å². The van der Waals surface area contributed by atoms with Crippen molar-refractivity contribution in [3.05, 3.63) is 29.6 Å². The predicted molar refractivity (Wildman–Crippen MR) is 80.7 cm³/mol. The van der Waals surface area contributed by atoms with E-state index in [2.05, 4.69) is 10.6 Å². The highest BCUT2D eigenvalue weighted by molar-refractivity contribution is 6.39. The molecule has 0 radical (unpaired) electrons. The molecule has 1 aromatic rings. The van der Waals surface area contributed by atoms with Gasteiger partial charge in [-0.2, -0.15) is 0 Å². The van der Waals surface area contributed by atoms with Crippen LogP contribution in [0.4, 0.5) is 10.1 Å². The van der Waals surface area contributed by atoms with Crippen molar-refractivity contribution < 1.29 is 19.1 Å². The average molecular weight is 308 g/mol. The maximum Gasteiger partial charge on any atom is 0.313 e. The molecule has 2 rings (SSSR count). The average Bonchev–Trinajstić information content (AvgIpc) is 2.50. The van der Waals surface area contributed by atoms with E-state index in [9.17, 15) is 19.1 Å². The Hall–Kier alpha value is -1.95. The number of halogens is 1. The van der Waals surface area contributed by atoms with Crippen molar-refractivity contribution in [1.29, 1.82) is 0 Å². The fraction of sp³-hybridized carbons (Fsp3) is 0.500. The number of carbonyl (C=O) groups is 2. The summed E-state index contributed by atoms with van der Waals surface area (Å²) in [5.41, 5.74) is 0.703. The molecule has 2 amide bonds. The molecule has 0 heterocycles. The normalized spacial score (nSPS) is 21.2. The third-order valence-electron chi connectivity index (χ3n) is 4.03. The van der Waals surface area contributed by atoms with Crippen LogP contribution < -0.4 is 10.6 Å². The van der Waals surface area contributed by atoms with Gasteiger partial charge in [-0.25, -0.2) is 4.39 Å². The number of carbonyl (C=O) groups excluding carboxylic acids is 2. The molecule has 120 valence electrons. The summed E-state index contributed by atoms with van der Waals surface area (Å²) in [6.45, 7) is 1.89. The van der Waals surface area contributed by atoms with Gasteiger partial charge >= 0.3 is 11.8 Å². The van der Waals surface area contributed by atoms with E-state index in [0.717, 1.165) is 25.7 Å². The molecule has 22 heavy (non-hydrogen) atoms. The number of hydrogen-bond acceptors (Lipinski definition) is 3. The third-order valence-corrected chi connectivity index (χ3v) is 4.03. The minimum atomic E-state index is -0.839. The van der Waals surface area contributed by atoms with Crippen LogP contribution in [0.3, 0.4) is 0 Å². The Morgan fingerprint density at radius 1 is 1.27 bits per heavy atom. The molecule has 6 heteroatoms. The van der Waals surface area contributed by atoms with Crippen LogP contribution in [0.2, 0.25) is 0 Å². The number of aliphatic hydroxyl groups is 1. The summed E-state index contributed by atoms with van der Waals surface area (Å²) in [5, 5.41) is 14.7. The van der Waals surface area contributed by atoms with Gasteiger partial charge in [-0.1, -0.05) is 18.9 Å². The summed E-state index contributed by atoms with van der Waals surface area (Å²) in [5.74, 6) is -2.07. The number of aliphatic hydroxyl groups excluding tert-OH is 1. The van der Waals surface area contributed by atoms with Crippen LogP contribution >= 0.6 is 0 Å². The lowest BCUT2D eigenvalue weighted by molar-refractivity contribution is -0.136. The summed E-state index contributed by atoms with van der Waals surface area (Å²) in [7, 11) is 0. The molecule has 2 atom stereocenters. The highest BCUT2D eigenvalue weighted by Crippen LogP contribution is 2.23. The summed E-state index contributed by atoms with van der Waals surface area (Å²) in [6, 6.07) is 4.24. The van der Waals surface area contributed by atoms with Crippen LogP contribution in [-0.2, 0) is 9.59 Å². The van der Waals surface area contributed by atoms with Gasteiger partial charge in [0.2, 0.25) is 0 Å². The van der Waals surface area contributed by atoms with E-state index in [4.69, 9.17) is 0 Å². The molecule has 1 aliphatic carbocycles. The molecular weight excluding hydrogens is 287 g/mol. The van der Waals surface area contributed by atoms with E-state index in [1.54, 1.807) is 6.92 Å². The maximum atomic E-state index is 13.4. The van der Waals surface area contributed by atoms with Crippen molar-refractivity contribution in [1.82, 2.24) is 5.32 Å². The zero-order valence-electron chi connectivity index (χ0n) is 12.6. The van der Waals surface area contributed by atoms with Crippen LogP contribution in [0.1, 0.15) is 31.2 Å². The highest BCUT2D eigenvalue weighted by atomic mass is 19.1. The highest BCUT2D eigenvalue weighted by Gasteiger charge is 2.24. The second kappa shape index (κ2) is 7.35. The van der Waals surface area contributed by atoms with Crippen molar-refractivity contribution in [2.45, 2.75) is 38.7 Å². The first kappa shape index (κ1) is 16.4. The predicted octanol–water partition coefficient (Wildman–Crippen LogP) is 1.74. The molecule has 0 saturated heterocycles. The lowest BCUT2D eigenvalue weighted by Crippen LogP contribution is -2.41. The first-order chi connectivity index (χ1) is 10.5. The maximum absolute atomic E-state index is 13.4. The van der Waals surface area contributed by atoms with Gasteiger partial charge in [0.25, 0.3) is 0 Å². The molecule has 1 saturated carbocycles. The zero-order valence-corrected chi connectivity index (χ0v) is 12.6. The van der Waals surface area contributed by atoms with Crippen LogP contribution in [-0.4, -0.2) is 29.6 Å². The Bertz CT molecular complexity index is 562. The third kappa shape index (κ3) is 4.27. The monoisotopic (exact) mass is 308 g/mol. The Labute approximate surface area is 128 Å². The van der Waals surface area contributed by atoms with Crippen LogP contribution in [0.25, 0.3) is 0 Å². The van der Waals surface area contributed by atoms with E-state index in [0.29, 0.717) is 5.56 Å². The summed E-state index contributed by atoms with van der Waals surface area (Å²) in [4.78, 5) is 23.5. The van der Waals surface area contributed by atoms with Crippen molar-refractivity contribution in [3.63, 3.8) is 0 Å². The first-order valence-electron chi connectivity index (χ1n) is 7.51. The molecule has 5 nitrogen and oxygen atoms in total. The minimum absolute atomic E-state index is 0.0117. The van der Waals surface area contributed by atoms with Gasteiger partial charge in [0.05, 0.1) is 6.10 Å². The molecular formula is C16H21FN2O3. The van der Waals surface area contributed by atoms with Crippen LogP contribution in [0.15, 0.2) is 18.2 Å². The van der Waals surface area contributed by atoms with E-state index in [-0.39, 0.29) is 18.2 Å². The number of nitrogens with one attached hydrogen (secondary N) is 2. The minimum Gasteiger partial charge on any atom is -0.393 e. The van der Waals surface area contributed by atoms with Crippen LogP contribution in [0, 0.1) is 18.7 Å². The number of benzene rings is 1. The van der Waals surface area contributed by atoms with Crippen molar-refractivity contribution in [2.75, 3.05) is 11.9 Å². The standard InChI is InChI=1S/C16H21FN2O3/c1-10-6-7-12(8-13(10)17)19-16(22)15(21)18-9-11-4-2-3-5-14(11)20/h6-8,11,14,20H,2-5,9H2,1H3,(H,18,21)(H,19,22)/t11-,14-/m0/s1. The molecule has 0 aromatic heterocycles. The molecule has 0 unspecified atom stereocenters. The molecule has 1 fully saturated rings. The van der Waals surface area contributed by atoms with Crippen LogP contribution in [0.5, 0.6) is 0 Å². The Morgan fingerprint density at radius 2 is 2.00 bits per heavy atom. The topological polar surface area (TPSA) is 78.4 Å². The number of rotatable bonds is 3. The Morgan fingerprint density at radius 3 is 2.68 bits per heavy atom. The number of hydrogen-bond donors (Lipinski definition) is 3. The summed E-state index contributed by atoms with van der Waals surface area (Å²) in [6.07, 6.45) is 3.15. The van der Waals surface area contributed by atoms with Gasteiger partial charge in [0, 0.05) is 18.2 Å². The first-order valence-corrected chi connectivity index (χ1v) is 7.51. The summed E-state index contributed by atoms with van der Waals surface area (Å²) < 4.78 is 13.4. The summed E-state index contributed by atoms with van der Waals surface area (Å²) >= 11 is 0. The van der Waals surface area contributed by atoms with Gasteiger partial charge in [-0.15, -0.1) is 0 Å². The molecule has 0 bridgehead atoms. The van der Waals surface area contributed by atoms with Crippen molar-refractivity contribution >= 4 is 17.5 Å². The molecule has 1 aromatic carbocycles. The molecule has 0 aliphatic heterocycles. The lowest BCUT2D eigenvalue weighted by atomic mass is 9.86. The van der Waals surface area contributed by atoms with Gasteiger partial charge in [0.1, 0.15) is 5.82 Å². The zero-order chi connectivity index (χ0) is 16.1. The van der Waals surface area contributed by atoms with E-state index < -0.39 is 23.7 Å². The quantitative estimate of drug-likeness (QED) is 0.744. The molecule has 1 aliphatic rings. The van der Waals surface area contributed by atoms with E-state index >= 15 is 0 Å². The SMILES string of the molecule is Cc1ccc(NC(=O)C(=O)NC[C@@H]2CCCC[C@@H]2O)cc1F. The number of aryl methyl sites for hydroxylation is 1. The van der Waals surface area contributed by atoms with Gasteiger partial charge in [0.15, 0.2) is 0 Å². The fourth-order valence-electron chi connectivity index (χ4n) is 2.59. The van der Waals surface area contributed by atoms with Gasteiger partial charge in [-0.05, 0) is 37.5 Å². The molecule has 3 N–H and O–H groups in total. The second-order valence-electron chi connectivity index (χ2n) is 5.74. The smallest absolute Gasteiger partial charge is 0.313 e. The second-order valence-corrected chi connectivity index (χ2v) is 5.74. The van der Waals surface area contributed by atoms with Crippen molar-refractivity contribution in [2.24, 2.45) is 5.92 Å². The van der Waals surface area contributed by atoms with Gasteiger partial charge in [-0.3, -0.25) is 9.59 Å². The fourth-order valence-corrected chi connectivity index (χ4v) is 2.59. The van der Waals surface area contributed by atoms with Crippen molar-refractivity contribution in [3.8, 4) is 0 Å². The van der Waals surface area contributed by atoms with E-state index in [1.165, 1.54) is 18.2 Å². The number of amides is 2. The largest absolute Gasteiger partial charge is 0.393 e. The number of anilines is 1. The Balaban J connectivity index is 1.84. The molecule has 0 spiro atoms. The van der Waals surface area contributed by atoms with Gasteiger partial charge < -0.3 is 15.7 Å². The Kier molecular flexibility index (Phi) is 5.49. The lowest BCUT2D eigenvalue weighted by Gasteiger charge is -2.27.